The van der Waals surface area contributed by atoms with Gasteiger partial charge >= 0.3 is 0 Å². The van der Waals surface area contributed by atoms with Gasteiger partial charge in [-0.3, -0.25) is 4.79 Å². The number of rotatable bonds is 4. The number of benzene rings is 1. The molecule has 104 valence electrons. The van der Waals surface area contributed by atoms with Crippen LogP contribution in [0.2, 0.25) is 0 Å². The molecule has 0 radical (unpaired) electrons. The van der Waals surface area contributed by atoms with E-state index in [4.69, 9.17) is 0 Å². The maximum Gasteiger partial charge on any atom is 0.237 e. The van der Waals surface area contributed by atoms with Crippen LogP contribution in [0, 0.1) is 13.8 Å². The number of anilines is 1. The van der Waals surface area contributed by atoms with Crippen molar-refractivity contribution in [1.82, 2.24) is 4.98 Å². The summed E-state index contributed by atoms with van der Waals surface area (Å²) in [4.78, 5) is 16.4. The zero-order valence-electron chi connectivity index (χ0n) is 11.9. The average Bonchev–Trinajstić information content (AvgIpc) is 2.45. The lowest BCUT2D eigenvalue weighted by atomic mass is 10.1. The molecule has 20 heavy (non-hydrogen) atoms. The van der Waals surface area contributed by atoms with Gasteiger partial charge in [0, 0.05) is 11.9 Å². The summed E-state index contributed by atoms with van der Waals surface area (Å²) in [5, 5.41) is 3.65. The minimum atomic E-state index is -0.190. The molecule has 0 saturated heterocycles. The number of nitrogens with zero attached hydrogens (tertiary/aromatic N) is 1. The van der Waals surface area contributed by atoms with Gasteiger partial charge in [-0.15, -0.1) is 0 Å². The van der Waals surface area contributed by atoms with E-state index in [-0.39, 0.29) is 11.2 Å². The largest absolute Gasteiger partial charge is 0.325 e. The predicted octanol–water partition coefficient (Wildman–Crippen LogP) is 3.82. The minimum Gasteiger partial charge on any atom is -0.325 e. The van der Waals surface area contributed by atoms with Gasteiger partial charge in [0.05, 0.1) is 10.3 Å². The van der Waals surface area contributed by atoms with E-state index < -0.39 is 0 Å². The molecule has 1 aromatic heterocycles. The monoisotopic (exact) mass is 286 g/mol. The van der Waals surface area contributed by atoms with Gasteiger partial charge in [-0.05, 0) is 50.1 Å². The Labute approximate surface area is 123 Å². The van der Waals surface area contributed by atoms with Crippen molar-refractivity contribution >= 4 is 23.4 Å². The van der Waals surface area contributed by atoms with Crippen LogP contribution in [0.4, 0.5) is 5.69 Å². The van der Waals surface area contributed by atoms with Crippen molar-refractivity contribution in [3.63, 3.8) is 0 Å². The molecule has 1 amide bonds. The molecule has 0 aliphatic heterocycles. The van der Waals surface area contributed by atoms with E-state index in [1.54, 1.807) is 6.20 Å². The average molecular weight is 286 g/mol. The Kier molecular flexibility index (Phi) is 4.79. The quantitative estimate of drug-likeness (QED) is 0.869. The first-order valence-electron chi connectivity index (χ1n) is 6.52. The topological polar surface area (TPSA) is 42.0 Å². The third kappa shape index (κ3) is 3.61. The molecule has 1 atom stereocenters. The number of amides is 1. The first-order chi connectivity index (χ1) is 9.58. The Hall–Kier alpha value is -1.81. The highest BCUT2D eigenvalue weighted by atomic mass is 32.2. The first kappa shape index (κ1) is 14.6. The molecular formula is C16H18N2OS. The van der Waals surface area contributed by atoms with Gasteiger partial charge in [0.2, 0.25) is 5.91 Å². The fourth-order valence-corrected chi connectivity index (χ4v) is 2.58. The van der Waals surface area contributed by atoms with E-state index in [1.807, 2.05) is 57.2 Å². The first-order valence-corrected chi connectivity index (χ1v) is 7.40. The Balaban J connectivity index is 2.03. The van der Waals surface area contributed by atoms with Crippen LogP contribution >= 0.6 is 11.8 Å². The summed E-state index contributed by atoms with van der Waals surface area (Å²) in [6.45, 7) is 5.94. The van der Waals surface area contributed by atoms with Crippen molar-refractivity contribution in [1.29, 1.82) is 0 Å². The fourth-order valence-electron chi connectivity index (χ4n) is 1.77. The maximum atomic E-state index is 12.2. The van der Waals surface area contributed by atoms with Crippen molar-refractivity contribution in [3.05, 3.63) is 53.7 Å². The predicted molar refractivity (Wildman–Crippen MR) is 84.1 cm³/mol. The van der Waals surface area contributed by atoms with E-state index in [9.17, 15) is 4.79 Å². The molecule has 2 rings (SSSR count). The number of carbonyl (C=O) groups excluding carboxylic acids is 1. The number of carbonyl (C=O) groups is 1. The van der Waals surface area contributed by atoms with Crippen molar-refractivity contribution in [2.24, 2.45) is 0 Å². The zero-order valence-corrected chi connectivity index (χ0v) is 12.7. The summed E-state index contributed by atoms with van der Waals surface area (Å²) < 4.78 is 0. The maximum absolute atomic E-state index is 12.2. The second-order valence-electron chi connectivity index (χ2n) is 4.66. The summed E-state index contributed by atoms with van der Waals surface area (Å²) in [6.07, 6.45) is 1.73. The van der Waals surface area contributed by atoms with Crippen LogP contribution in [0.25, 0.3) is 0 Å². The Morgan fingerprint density at radius 2 is 2.00 bits per heavy atom. The number of nitrogens with one attached hydrogen (secondary N) is 1. The second-order valence-corrected chi connectivity index (χ2v) is 6.03. The van der Waals surface area contributed by atoms with Crippen molar-refractivity contribution < 1.29 is 4.79 Å². The van der Waals surface area contributed by atoms with Crippen LogP contribution in [0.1, 0.15) is 18.1 Å². The number of aromatic nitrogens is 1. The molecular weight excluding hydrogens is 268 g/mol. The SMILES string of the molecule is Cc1cccc(NC(=O)C(C)Sc2ccccn2)c1C. The molecule has 3 nitrogen and oxygen atoms in total. The fraction of sp³-hybridized carbons (Fsp3) is 0.250. The van der Waals surface area contributed by atoms with Crippen molar-refractivity contribution in [2.45, 2.75) is 31.0 Å². The molecule has 0 spiro atoms. The van der Waals surface area contributed by atoms with E-state index in [1.165, 1.54) is 17.3 Å². The summed E-state index contributed by atoms with van der Waals surface area (Å²) in [6, 6.07) is 11.6. The molecule has 2 aromatic rings. The molecule has 0 aliphatic rings. The van der Waals surface area contributed by atoms with Gasteiger partial charge in [-0.1, -0.05) is 30.0 Å². The molecule has 4 heteroatoms. The number of hydrogen-bond acceptors (Lipinski definition) is 3. The van der Waals surface area contributed by atoms with Crippen LogP contribution < -0.4 is 5.32 Å². The van der Waals surface area contributed by atoms with E-state index in [0.717, 1.165) is 16.3 Å². The molecule has 0 aliphatic carbocycles. The van der Waals surface area contributed by atoms with Crippen molar-refractivity contribution in [3.8, 4) is 0 Å². The van der Waals surface area contributed by atoms with Gasteiger partial charge in [-0.2, -0.15) is 0 Å². The summed E-state index contributed by atoms with van der Waals surface area (Å²) in [5.41, 5.74) is 3.16. The van der Waals surface area contributed by atoms with Gasteiger partial charge in [0.25, 0.3) is 0 Å². The van der Waals surface area contributed by atoms with Gasteiger partial charge in [0.15, 0.2) is 0 Å². The molecule has 1 unspecified atom stereocenters. The number of hydrogen-bond donors (Lipinski definition) is 1. The lowest BCUT2D eigenvalue weighted by Crippen LogP contribution is -2.23. The third-order valence-corrected chi connectivity index (χ3v) is 4.22. The number of pyridine rings is 1. The number of thioether (sulfide) groups is 1. The van der Waals surface area contributed by atoms with Crippen LogP contribution in [0.5, 0.6) is 0 Å². The standard InChI is InChI=1S/C16H18N2OS/c1-11-7-6-8-14(12(11)2)18-16(19)13(3)20-15-9-4-5-10-17-15/h4-10,13H,1-3H3,(H,18,19). The second kappa shape index (κ2) is 6.57. The highest BCUT2D eigenvalue weighted by Gasteiger charge is 2.16. The molecule has 0 bridgehead atoms. The molecule has 0 fully saturated rings. The third-order valence-electron chi connectivity index (χ3n) is 3.17. The van der Waals surface area contributed by atoms with Crippen LogP contribution in [0.15, 0.2) is 47.6 Å². The lowest BCUT2D eigenvalue weighted by molar-refractivity contribution is -0.115. The van der Waals surface area contributed by atoms with Crippen molar-refractivity contribution in [2.75, 3.05) is 5.32 Å². The molecule has 0 saturated carbocycles. The summed E-state index contributed by atoms with van der Waals surface area (Å²) in [7, 11) is 0. The van der Waals surface area contributed by atoms with E-state index in [2.05, 4.69) is 10.3 Å². The highest BCUT2D eigenvalue weighted by molar-refractivity contribution is 8.00. The highest BCUT2D eigenvalue weighted by Crippen LogP contribution is 2.23. The Morgan fingerprint density at radius 1 is 1.20 bits per heavy atom. The molecule has 1 heterocycles. The summed E-state index contributed by atoms with van der Waals surface area (Å²) in [5.74, 6) is -0.00523. The van der Waals surface area contributed by atoms with Gasteiger partial charge in [-0.25, -0.2) is 4.98 Å². The van der Waals surface area contributed by atoms with Gasteiger partial charge in [0.1, 0.15) is 0 Å². The Morgan fingerprint density at radius 3 is 2.70 bits per heavy atom. The Bertz CT molecular complexity index is 599. The van der Waals surface area contributed by atoms with E-state index >= 15 is 0 Å². The van der Waals surface area contributed by atoms with Crippen LogP contribution in [0.3, 0.4) is 0 Å². The number of aryl methyl sites for hydroxylation is 1. The van der Waals surface area contributed by atoms with E-state index in [0.29, 0.717) is 0 Å². The van der Waals surface area contributed by atoms with Crippen LogP contribution in [-0.4, -0.2) is 16.1 Å². The smallest absolute Gasteiger partial charge is 0.237 e. The molecule has 1 N–H and O–H groups in total. The normalized spacial score (nSPS) is 11.9. The van der Waals surface area contributed by atoms with Crippen LogP contribution in [-0.2, 0) is 4.79 Å². The molecule has 1 aromatic carbocycles. The zero-order chi connectivity index (χ0) is 14.5. The van der Waals surface area contributed by atoms with Gasteiger partial charge < -0.3 is 5.32 Å². The lowest BCUT2D eigenvalue weighted by Gasteiger charge is -2.14. The summed E-state index contributed by atoms with van der Waals surface area (Å²) >= 11 is 1.46. The minimum absolute atomic E-state index is 0.00523.